The van der Waals surface area contributed by atoms with Gasteiger partial charge in [-0.3, -0.25) is 0 Å². The lowest BCUT2D eigenvalue weighted by atomic mass is 9.94. The Morgan fingerprint density at radius 1 is 0.889 bits per heavy atom. The first-order valence-corrected chi connectivity index (χ1v) is 14.8. The molecule has 0 aliphatic carbocycles. The highest BCUT2D eigenvalue weighted by molar-refractivity contribution is 5.02. The monoisotopic (exact) mass is 515 g/mol. The molecule has 0 saturated carbocycles. The highest BCUT2D eigenvalue weighted by Crippen LogP contribution is 2.26. The summed E-state index contributed by atoms with van der Waals surface area (Å²) in [5.74, 6) is 0.167. The van der Waals surface area contributed by atoms with Crippen LogP contribution in [-0.2, 0) is 9.47 Å². The van der Waals surface area contributed by atoms with Gasteiger partial charge in [-0.25, -0.2) is 0 Å². The van der Waals surface area contributed by atoms with Crippen LogP contribution in [0.2, 0.25) is 0 Å². The first-order valence-electron chi connectivity index (χ1n) is 14.8. The summed E-state index contributed by atoms with van der Waals surface area (Å²) in [5, 5.41) is 44.0. The quantitative estimate of drug-likeness (QED) is 0.124. The Morgan fingerprint density at radius 3 is 2.11 bits per heavy atom. The van der Waals surface area contributed by atoms with Crippen molar-refractivity contribution in [3.63, 3.8) is 0 Å². The summed E-state index contributed by atoms with van der Waals surface area (Å²) in [6.45, 7) is 8.92. The summed E-state index contributed by atoms with van der Waals surface area (Å²) in [6.07, 6.45) is 13.6. The number of hydrogen-bond donors (Lipinski definition) is 5. The van der Waals surface area contributed by atoms with E-state index in [2.05, 4.69) is 25.7 Å². The SMILES string of the molecule is C=C(CCCCCCCCC)N[C@@H]1[C@@H](OCC[C@H](CO)CCCCCCC)[C@H](O)[C@@H](CCO)O[C@@H]1O. The third-order valence-electron chi connectivity index (χ3n) is 7.37. The number of rotatable bonds is 23. The van der Waals surface area contributed by atoms with Gasteiger partial charge < -0.3 is 35.2 Å². The van der Waals surface area contributed by atoms with Crippen molar-refractivity contribution in [2.24, 2.45) is 5.92 Å². The fraction of sp³-hybridized carbons (Fsp3) is 0.931. The minimum absolute atomic E-state index is 0.125. The van der Waals surface area contributed by atoms with Crippen LogP contribution in [0, 0.1) is 5.92 Å². The molecule has 5 N–H and O–H groups in total. The van der Waals surface area contributed by atoms with Gasteiger partial charge in [-0.2, -0.15) is 0 Å². The number of aliphatic hydroxyl groups excluding tert-OH is 4. The van der Waals surface area contributed by atoms with Crippen LogP contribution in [0.3, 0.4) is 0 Å². The second-order valence-electron chi connectivity index (χ2n) is 10.6. The Kier molecular flexibility index (Phi) is 19.7. The van der Waals surface area contributed by atoms with E-state index < -0.39 is 30.6 Å². The fourth-order valence-electron chi connectivity index (χ4n) is 4.99. The number of ether oxygens (including phenoxy) is 2. The molecule has 1 heterocycles. The van der Waals surface area contributed by atoms with Crippen molar-refractivity contribution >= 4 is 0 Å². The Balaban J connectivity index is 2.56. The smallest absolute Gasteiger partial charge is 0.177 e. The zero-order valence-electron chi connectivity index (χ0n) is 23.2. The summed E-state index contributed by atoms with van der Waals surface area (Å²) in [4.78, 5) is 0. The second-order valence-corrected chi connectivity index (χ2v) is 10.6. The molecular weight excluding hydrogens is 458 g/mol. The number of hydrogen-bond acceptors (Lipinski definition) is 7. The van der Waals surface area contributed by atoms with Crippen molar-refractivity contribution in [2.75, 3.05) is 19.8 Å². The highest BCUT2D eigenvalue weighted by Gasteiger charge is 2.45. The van der Waals surface area contributed by atoms with E-state index in [0.29, 0.717) is 13.0 Å². The lowest BCUT2D eigenvalue weighted by Crippen LogP contribution is -2.63. The molecule has 0 aromatic rings. The average Bonchev–Trinajstić information content (AvgIpc) is 2.86. The first kappa shape index (κ1) is 33.3. The normalized spacial score (nSPS) is 25.1. The fourth-order valence-corrected chi connectivity index (χ4v) is 4.99. The summed E-state index contributed by atoms with van der Waals surface area (Å²) >= 11 is 0. The van der Waals surface area contributed by atoms with E-state index in [9.17, 15) is 20.4 Å². The maximum absolute atomic E-state index is 10.9. The topological polar surface area (TPSA) is 111 Å². The van der Waals surface area contributed by atoms with Crippen molar-refractivity contribution in [2.45, 2.75) is 147 Å². The average molecular weight is 516 g/mol. The maximum atomic E-state index is 10.9. The largest absolute Gasteiger partial charge is 0.396 e. The number of allylic oxidation sites excluding steroid dienone is 1. The van der Waals surface area contributed by atoms with Gasteiger partial charge in [0, 0.05) is 25.5 Å². The Labute approximate surface area is 220 Å². The van der Waals surface area contributed by atoms with Crippen LogP contribution in [0.1, 0.15) is 117 Å². The molecule has 1 fully saturated rings. The van der Waals surface area contributed by atoms with Crippen LogP contribution < -0.4 is 5.32 Å². The predicted octanol–water partition coefficient (Wildman–Crippen LogP) is 4.80. The van der Waals surface area contributed by atoms with Gasteiger partial charge in [-0.1, -0.05) is 91.1 Å². The Morgan fingerprint density at radius 2 is 1.50 bits per heavy atom. The minimum atomic E-state index is -1.17. The van der Waals surface area contributed by atoms with Gasteiger partial charge in [-0.05, 0) is 38.0 Å². The van der Waals surface area contributed by atoms with Crippen LogP contribution in [-0.4, -0.2) is 70.9 Å². The number of unbranched alkanes of at least 4 members (excludes halogenated alkanes) is 10. The Bertz CT molecular complexity index is 534. The molecule has 1 saturated heterocycles. The van der Waals surface area contributed by atoms with Crippen molar-refractivity contribution in [3.05, 3.63) is 12.3 Å². The lowest BCUT2D eigenvalue weighted by Gasteiger charge is -2.43. The van der Waals surface area contributed by atoms with E-state index in [-0.39, 0.29) is 25.6 Å². The molecule has 36 heavy (non-hydrogen) atoms. The molecule has 1 aliphatic heterocycles. The lowest BCUT2D eigenvalue weighted by molar-refractivity contribution is -0.258. The third-order valence-corrected chi connectivity index (χ3v) is 7.37. The molecule has 7 nitrogen and oxygen atoms in total. The molecule has 0 unspecified atom stereocenters. The van der Waals surface area contributed by atoms with Gasteiger partial charge in [0.1, 0.15) is 18.2 Å². The third kappa shape index (κ3) is 13.7. The van der Waals surface area contributed by atoms with E-state index in [1.165, 1.54) is 57.8 Å². The van der Waals surface area contributed by atoms with E-state index in [1.54, 1.807) is 0 Å². The summed E-state index contributed by atoms with van der Waals surface area (Å²) in [5.41, 5.74) is 0.804. The number of aliphatic hydroxyl groups is 4. The number of nitrogens with one attached hydrogen (secondary N) is 1. The van der Waals surface area contributed by atoms with Gasteiger partial charge in [0.25, 0.3) is 0 Å². The minimum Gasteiger partial charge on any atom is -0.396 e. The maximum Gasteiger partial charge on any atom is 0.177 e. The van der Waals surface area contributed by atoms with Crippen molar-refractivity contribution < 1.29 is 29.9 Å². The molecule has 0 aromatic carbocycles. The predicted molar refractivity (Wildman–Crippen MR) is 146 cm³/mol. The van der Waals surface area contributed by atoms with Crippen LogP contribution in [0.5, 0.6) is 0 Å². The van der Waals surface area contributed by atoms with E-state index in [0.717, 1.165) is 37.8 Å². The molecule has 0 amide bonds. The zero-order valence-corrected chi connectivity index (χ0v) is 23.2. The molecule has 6 atom stereocenters. The van der Waals surface area contributed by atoms with Gasteiger partial charge in [0.15, 0.2) is 6.29 Å². The molecule has 0 radical (unpaired) electrons. The second kappa shape index (κ2) is 21.3. The van der Waals surface area contributed by atoms with E-state index in [4.69, 9.17) is 9.47 Å². The summed E-state index contributed by atoms with van der Waals surface area (Å²) in [6, 6.07) is -0.645. The first-order chi connectivity index (χ1) is 17.5. The van der Waals surface area contributed by atoms with Crippen molar-refractivity contribution in [1.29, 1.82) is 0 Å². The van der Waals surface area contributed by atoms with Crippen molar-refractivity contribution in [3.8, 4) is 0 Å². The van der Waals surface area contributed by atoms with Gasteiger partial charge in [-0.15, -0.1) is 0 Å². The molecule has 214 valence electrons. The summed E-state index contributed by atoms with van der Waals surface area (Å²) < 4.78 is 11.7. The molecule has 0 aromatic heterocycles. The molecule has 1 aliphatic rings. The van der Waals surface area contributed by atoms with Crippen LogP contribution in [0.25, 0.3) is 0 Å². The molecular formula is C29H57NO6. The molecule has 1 rings (SSSR count). The van der Waals surface area contributed by atoms with E-state index in [1.807, 2.05) is 0 Å². The molecule has 0 bridgehead atoms. The summed E-state index contributed by atoms with van der Waals surface area (Å²) in [7, 11) is 0. The van der Waals surface area contributed by atoms with Gasteiger partial charge >= 0.3 is 0 Å². The van der Waals surface area contributed by atoms with E-state index >= 15 is 0 Å². The zero-order chi connectivity index (χ0) is 26.6. The van der Waals surface area contributed by atoms with Crippen LogP contribution in [0.4, 0.5) is 0 Å². The molecule has 7 heteroatoms. The van der Waals surface area contributed by atoms with Crippen LogP contribution >= 0.6 is 0 Å². The standard InChI is InChI=1S/C29H57NO6/c1-4-6-8-10-11-13-14-16-23(3)30-26-28(27(33)25(18-20-31)36-29(26)34)35-21-19-24(22-32)17-15-12-9-7-5-2/h24-34H,3-22H2,1-2H3/t24-,25-,26-,27-,28-,29+/m1/s1. The van der Waals surface area contributed by atoms with Crippen molar-refractivity contribution in [1.82, 2.24) is 5.32 Å². The van der Waals surface area contributed by atoms with Crippen LogP contribution in [0.15, 0.2) is 12.3 Å². The molecule has 0 spiro atoms. The van der Waals surface area contributed by atoms with Gasteiger partial charge in [0.05, 0.1) is 6.10 Å². The Hall–Kier alpha value is -0.700. The highest BCUT2D eigenvalue weighted by atomic mass is 16.6. The van der Waals surface area contributed by atoms with Gasteiger partial charge in [0.2, 0.25) is 0 Å².